The lowest BCUT2D eigenvalue weighted by atomic mass is 9.55. The van der Waals surface area contributed by atoms with Crippen molar-refractivity contribution in [2.45, 2.75) is 89.3 Å². The molecule has 3 aliphatic rings. The van der Waals surface area contributed by atoms with Gasteiger partial charge < -0.3 is 34.0 Å². The average Bonchev–Trinajstić information content (AvgIpc) is 3.37. The second-order valence-electron chi connectivity index (χ2n) is 17.8. The minimum Gasteiger partial charge on any atom is -0.459 e. The molecule has 5 aromatic carbocycles. The summed E-state index contributed by atoms with van der Waals surface area (Å²) in [6.07, 6.45) is 9.19. The van der Waals surface area contributed by atoms with Gasteiger partial charge >= 0.3 is 6.09 Å². The van der Waals surface area contributed by atoms with Crippen LogP contribution in [0.15, 0.2) is 163 Å². The summed E-state index contributed by atoms with van der Waals surface area (Å²) in [6.45, 7) is 7.24. The summed E-state index contributed by atoms with van der Waals surface area (Å²) in [5.41, 5.74) is 6.77. The number of hydrogen-bond acceptors (Lipinski definition) is 9. The number of carbonyl (C=O) groups is 1. The van der Waals surface area contributed by atoms with Crippen LogP contribution in [-0.4, -0.2) is 65.1 Å². The number of rotatable bonds is 22. The third-order valence-corrected chi connectivity index (χ3v) is 13.4. The van der Waals surface area contributed by atoms with Gasteiger partial charge in [0, 0.05) is 37.7 Å². The van der Waals surface area contributed by atoms with Gasteiger partial charge in [0.15, 0.2) is 0 Å². The highest BCUT2D eigenvalue weighted by Crippen LogP contribution is 2.62. The molecule has 67 heavy (non-hydrogen) atoms. The minimum atomic E-state index is -1.40. The Morgan fingerprint density at radius 3 is 2.12 bits per heavy atom. The van der Waals surface area contributed by atoms with Gasteiger partial charge in [0.25, 0.3) is 0 Å². The fourth-order valence-corrected chi connectivity index (χ4v) is 10.4. The van der Waals surface area contributed by atoms with E-state index in [0.717, 1.165) is 64.8 Å². The summed E-state index contributed by atoms with van der Waals surface area (Å²) in [7, 11) is 0. The van der Waals surface area contributed by atoms with Crippen LogP contribution in [0.25, 0.3) is 11.1 Å². The molecule has 1 fully saturated rings. The number of oxime groups is 1. The van der Waals surface area contributed by atoms with E-state index in [0.29, 0.717) is 43.1 Å². The summed E-state index contributed by atoms with van der Waals surface area (Å²) in [5.74, 6) is 0.0894. The molecule has 8 rings (SSSR count). The zero-order valence-electron chi connectivity index (χ0n) is 38.6. The molecule has 6 unspecified atom stereocenters. The largest absolute Gasteiger partial charge is 0.459 e. The van der Waals surface area contributed by atoms with Crippen molar-refractivity contribution in [3.05, 3.63) is 174 Å². The molecular formula is C57H64N2O8. The van der Waals surface area contributed by atoms with Crippen LogP contribution in [0.4, 0.5) is 4.79 Å². The fraction of sp³-hybridized carbons (Fsp3) is 0.368. The van der Waals surface area contributed by atoms with E-state index in [9.17, 15) is 15.0 Å². The minimum absolute atomic E-state index is 0.0589. The maximum Gasteiger partial charge on any atom is 0.410 e. The van der Waals surface area contributed by atoms with Gasteiger partial charge in [-0.3, -0.25) is 4.90 Å². The van der Waals surface area contributed by atoms with E-state index >= 15 is 0 Å². The number of fused-ring (bicyclic) bond motifs is 2. The molecule has 1 saturated carbocycles. The van der Waals surface area contributed by atoms with Crippen LogP contribution in [0, 0.1) is 17.8 Å². The molecule has 0 aromatic heterocycles. The lowest BCUT2D eigenvalue weighted by Gasteiger charge is -2.59. The number of aliphatic hydroxyl groups is 2. The first kappa shape index (κ1) is 47.3. The van der Waals surface area contributed by atoms with Crippen molar-refractivity contribution in [3.63, 3.8) is 0 Å². The van der Waals surface area contributed by atoms with Crippen molar-refractivity contribution in [3.8, 4) is 28.4 Å². The average molecular weight is 905 g/mol. The Morgan fingerprint density at radius 1 is 0.806 bits per heavy atom. The fourth-order valence-electron chi connectivity index (χ4n) is 10.4. The smallest absolute Gasteiger partial charge is 0.410 e. The molecule has 5 aromatic rings. The molecule has 0 saturated heterocycles. The number of unbranched alkanes of at least 4 members (excludes halogenated alkanes) is 2. The molecular weight excluding hydrogens is 841 g/mol. The van der Waals surface area contributed by atoms with E-state index < -0.39 is 23.8 Å². The normalized spacial score (nSPS) is 22.1. The number of benzene rings is 5. The van der Waals surface area contributed by atoms with E-state index in [4.69, 9.17) is 28.9 Å². The third-order valence-electron chi connectivity index (χ3n) is 13.4. The van der Waals surface area contributed by atoms with Crippen molar-refractivity contribution in [2.24, 2.45) is 22.9 Å². The molecule has 0 spiro atoms. The highest BCUT2D eigenvalue weighted by atomic mass is 16.7. The number of hydrogen-bond donors (Lipinski definition) is 2. The topological polar surface area (TPSA) is 119 Å². The highest BCUT2D eigenvalue weighted by Gasteiger charge is 2.65. The van der Waals surface area contributed by atoms with Crippen LogP contribution in [0.5, 0.6) is 17.2 Å². The van der Waals surface area contributed by atoms with Gasteiger partial charge in [-0.1, -0.05) is 140 Å². The quantitative estimate of drug-likeness (QED) is 0.0400. The van der Waals surface area contributed by atoms with Gasteiger partial charge in [-0.15, -0.1) is 6.58 Å². The maximum absolute atomic E-state index is 14.7. The van der Waals surface area contributed by atoms with Gasteiger partial charge in [0.2, 0.25) is 5.79 Å². The van der Waals surface area contributed by atoms with E-state index in [1.54, 1.807) is 11.0 Å². The van der Waals surface area contributed by atoms with Crippen LogP contribution in [0.3, 0.4) is 0 Å². The van der Waals surface area contributed by atoms with E-state index in [2.05, 4.69) is 43.0 Å². The second-order valence-corrected chi connectivity index (χ2v) is 17.8. The van der Waals surface area contributed by atoms with E-state index in [1.165, 1.54) is 0 Å². The number of carbonyl (C=O) groups excluding carboxylic acids is 1. The van der Waals surface area contributed by atoms with E-state index in [1.807, 2.05) is 110 Å². The van der Waals surface area contributed by atoms with Crippen molar-refractivity contribution in [1.82, 2.24) is 4.90 Å². The van der Waals surface area contributed by atoms with Crippen LogP contribution in [0.2, 0.25) is 0 Å². The first-order chi connectivity index (χ1) is 33.0. The molecule has 10 heteroatoms. The Kier molecular flexibility index (Phi) is 16.2. The molecule has 2 aliphatic carbocycles. The molecule has 1 heterocycles. The standard InChI is InChI=1S/C57H64N2O8/c1-3-32-59(56(62)63-39-41-18-8-5-9-19-41)53-38-51(58-65-40-42-20-10-6-11-21-42)49-36-45(24-14-16-33-60)48(25-15-17-34-61)54-50-37-47(30-31-52(50)67-57(53,55(49)54)64-35-4-2)66-46-28-26-44(27-29-46)43-22-12-7-13-23-43/h4-13,18-23,26-31,36-37,45,48,53-55,60-61H,2-3,14-17,24-25,32-35,38-40H2,1H3. The van der Waals surface area contributed by atoms with Crippen LogP contribution in [-0.2, 0) is 27.5 Å². The van der Waals surface area contributed by atoms with Crippen LogP contribution in [0.1, 0.15) is 80.9 Å². The Bertz CT molecular complexity index is 2430. The van der Waals surface area contributed by atoms with Gasteiger partial charge in [-0.2, -0.15) is 0 Å². The number of amides is 1. The van der Waals surface area contributed by atoms with Gasteiger partial charge in [-0.25, -0.2) is 4.79 Å². The highest BCUT2D eigenvalue weighted by molar-refractivity contribution is 6.03. The van der Waals surface area contributed by atoms with E-state index in [-0.39, 0.29) is 57.2 Å². The zero-order valence-corrected chi connectivity index (χ0v) is 38.6. The van der Waals surface area contributed by atoms with Gasteiger partial charge in [-0.05, 0) is 102 Å². The summed E-state index contributed by atoms with van der Waals surface area (Å²) in [4.78, 5) is 22.7. The summed E-state index contributed by atoms with van der Waals surface area (Å²) in [5, 5.41) is 25.0. The predicted octanol–water partition coefficient (Wildman–Crippen LogP) is 12.0. The number of aliphatic hydroxyl groups excluding tert-OH is 2. The summed E-state index contributed by atoms with van der Waals surface area (Å²) >= 11 is 0. The SMILES string of the molecule is C=CCOC12Oc3ccc(Oc4ccc(-c5ccccc5)cc4)cc3C3C(CCCCO)C(CCCCO)C=C(C(=NOCc4ccccc4)CC1N(CCC)C(=O)OCc1ccccc1)C32. The second kappa shape index (κ2) is 23.0. The number of ether oxygens (including phenoxy) is 4. The van der Waals surface area contributed by atoms with Gasteiger partial charge in [0.1, 0.15) is 36.5 Å². The molecule has 2 N–H and O–H groups in total. The third kappa shape index (κ3) is 11.0. The Hall–Kier alpha value is -6.20. The summed E-state index contributed by atoms with van der Waals surface area (Å²) in [6, 6.07) is 43.4. The maximum atomic E-state index is 14.7. The van der Waals surface area contributed by atoms with Gasteiger partial charge in [0.05, 0.1) is 18.2 Å². The Balaban J connectivity index is 1.27. The number of allylic oxidation sites excluding steroid dienone is 1. The predicted molar refractivity (Wildman–Crippen MR) is 262 cm³/mol. The molecule has 350 valence electrons. The lowest BCUT2D eigenvalue weighted by Crippen LogP contribution is -2.70. The molecule has 6 atom stereocenters. The molecule has 0 bridgehead atoms. The number of nitrogens with zero attached hydrogens (tertiary/aromatic N) is 2. The molecule has 1 aliphatic heterocycles. The molecule has 1 amide bonds. The van der Waals surface area contributed by atoms with Crippen LogP contribution < -0.4 is 9.47 Å². The molecule has 10 nitrogen and oxygen atoms in total. The molecule has 0 radical (unpaired) electrons. The first-order valence-electron chi connectivity index (χ1n) is 24.0. The Labute approximate surface area is 395 Å². The van der Waals surface area contributed by atoms with Crippen molar-refractivity contribution in [2.75, 3.05) is 26.4 Å². The van der Waals surface area contributed by atoms with Crippen LogP contribution >= 0.6 is 0 Å². The van der Waals surface area contributed by atoms with Crippen molar-refractivity contribution in [1.29, 1.82) is 0 Å². The first-order valence-corrected chi connectivity index (χ1v) is 24.0. The Morgan fingerprint density at radius 2 is 1.45 bits per heavy atom. The lowest BCUT2D eigenvalue weighted by molar-refractivity contribution is -0.255. The summed E-state index contributed by atoms with van der Waals surface area (Å²) < 4.78 is 27.4. The van der Waals surface area contributed by atoms with Crippen molar-refractivity contribution >= 4 is 11.8 Å². The van der Waals surface area contributed by atoms with Crippen molar-refractivity contribution < 1.29 is 38.8 Å². The zero-order chi connectivity index (χ0) is 46.4. The monoisotopic (exact) mass is 904 g/mol.